The second kappa shape index (κ2) is 4.79. The summed E-state index contributed by atoms with van der Waals surface area (Å²) in [5.74, 6) is 1.32. The molecule has 0 saturated heterocycles. The van der Waals surface area contributed by atoms with Gasteiger partial charge in [-0.1, -0.05) is 28.9 Å². The summed E-state index contributed by atoms with van der Waals surface area (Å²) in [6.45, 7) is 0.513. The first-order valence-corrected chi connectivity index (χ1v) is 4.95. The number of ether oxygens (including phenoxy) is 2. The number of azide groups is 1. The molecule has 6 heteroatoms. The van der Waals surface area contributed by atoms with Crippen molar-refractivity contribution in [3.05, 3.63) is 39.2 Å². The molecule has 0 spiro atoms. The molecule has 0 saturated carbocycles. The maximum Gasteiger partial charge on any atom is 0.231 e. The Labute approximate surface area is 96.9 Å². The minimum Gasteiger partial charge on any atom is -0.454 e. The first kappa shape index (κ1) is 10.7. The van der Waals surface area contributed by atoms with Crippen LogP contribution in [0.15, 0.2) is 23.3 Å². The van der Waals surface area contributed by atoms with Crippen LogP contribution in [-0.2, 0) is 0 Å². The summed E-state index contributed by atoms with van der Waals surface area (Å²) in [5.41, 5.74) is 8.91. The molecule has 0 fully saturated rings. The van der Waals surface area contributed by atoms with Crippen LogP contribution in [0, 0.1) is 0 Å². The van der Waals surface area contributed by atoms with Crippen LogP contribution in [0.2, 0.25) is 5.02 Å². The third-order valence-corrected chi connectivity index (χ3v) is 2.37. The lowest BCUT2D eigenvalue weighted by Gasteiger charge is -2.00. The largest absolute Gasteiger partial charge is 0.454 e. The highest BCUT2D eigenvalue weighted by molar-refractivity contribution is 6.32. The van der Waals surface area contributed by atoms with E-state index in [0.29, 0.717) is 23.1 Å². The topological polar surface area (TPSA) is 67.2 Å². The first-order valence-electron chi connectivity index (χ1n) is 4.58. The number of nitrogens with zero attached hydrogens (tertiary/aromatic N) is 3. The second-order valence-electron chi connectivity index (χ2n) is 3.04. The molecule has 16 heavy (non-hydrogen) atoms. The smallest absolute Gasteiger partial charge is 0.231 e. The van der Waals surface area contributed by atoms with Crippen molar-refractivity contribution in [1.29, 1.82) is 0 Å². The van der Waals surface area contributed by atoms with Crippen molar-refractivity contribution in [3.63, 3.8) is 0 Å². The molecule has 82 valence electrons. The molecule has 0 amide bonds. The summed E-state index contributed by atoms with van der Waals surface area (Å²) in [6.07, 6.45) is 3.50. The number of hydrogen-bond donors (Lipinski definition) is 0. The van der Waals surface area contributed by atoms with E-state index in [1.165, 1.54) is 0 Å². The van der Waals surface area contributed by atoms with Gasteiger partial charge in [-0.25, -0.2) is 0 Å². The molecule has 0 unspecified atom stereocenters. The van der Waals surface area contributed by atoms with Crippen molar-refractivity contribution in [2.75, 3.05) is 13.3 Å². The number of halogens is 1. The average molecular weight is 238 g/mol. The zero-order valence-corrected chi connectivity index (χ0v) is 9.02. The zero-order valence-electron chi connectivity index (χ0n) is 8.26. The predicted molar refractivity (Wildman–Crippen MR) is 60.6 cm³/mol. The van der Waals surface area contributed by atoms with Crippen LogP contribution in [0.4, 0.5) is 0 Å². The lowest BCUT2D eigenvalue weighted by Crippen LogP contribution is -1.92. The Balaban J connectivity index is 2.21. The number of fused-ring (bicyclic) bond motifs is 1. The van der Waals surface area contributed by atoms with Crippen molar-refractivity contribution in [2.24, 2.45) is 5.11 Å². The SMILES string of the molecule is [N-]=[N+]=NCC=Cc1cc2c(cc1Cl)OCO2. The van der Waals surface area contributed by atoms with Crippen LogP contribution in [0.1, 0.15) is 5.56 Å². The summed E-state index contributed by atoms with van der Waals surface area (Å²) in [4.78, 5) is 2.64. The van der Waals surface area contributed by atoms with Crippen molar-refractivity contribution >= 4 is 17.7 Å². The van der Waals surface area contributed by atoms with Gasteiger partial charge in [-0.3, -0.25) is 0 Å². The van der Waals surface area contributed by atoms with Gasteiger partial charge in [0.2, 0.25) is 6.79 Å². The average Bonchev–Trinajstić information content (AvgIpc) is 2.71. The Bertz CT molecular complexity index is 481. The zero-order chi connectivity index (χ0) is 11.4. The van der Waals surface area contributed by atoms with E-state index in [9.17, 15) is 0 Å². The van der Waals surface area contributed by atoms with Gasteiger partial charge in [-0.2, -0.15) is 0 Å². The Morgan fingerprint density at radius 3 is 2.94 bits per heavy atom. The fourth-order valence-electron chi connectivity index (χ4n) is 1.32. The quantitative estimate of drug-likeness (QED) is 0.459. The van der Waals surface area contributed by atoms with Crippen LogP contribution < -0.4 is 9.47 Å². The van der Waals surface area contributed by atoms with Gasteiger partial charge in [-0.15, -0.1) is 0 Å². The van der Waals surface area contributed by atoms with E-state index in [1.807, 2.05) is 0 Å². The highest BCUT2D eigenvalue weighted by atomic mass is 35.5. The maximum atomic E-state index is 8.11. The van der Waals surface area contributed by atoms with Gasteiger partial charge < -0.3 is 9.47 Å². The molecule has 0 radical (unpaired) electrons. The fraction of sp³-hybridized carbons (Fsp3) is 0.200. The fourth-order valence-corrected chi connectivity index (χ4v) is 1.54. The minimum atomic E-state index is 0.220. The van der Waals surface area contributed by atoms with E-state index < -0.39 is 0 Å². The Hall–Kier alpha value is -1.84. The lowest BCUT2D eigenvalue weighted by atomic mass is 10.2. The van der Waals surface area contributed by atoms with Gasteiger partial charge in [0, 0.05) is 17.5 Å². The van der Waals surface area contributed by atoms with E-state index in [-0.39, 0.29) is 6.79 Å². The van der Waals surface area contributed by atoms with Crippen LogP contribution in [-0.4, -0.2) is 13.3 Å². The van der Waals surface area contributed by atoms with Gasteiger partial charge in [0.05, 0.1) is 5.02 Å². The molecular formula is C10H8ClN3O2. The Morgan fingerprint density at radius 1 is 1.44 bits per heavy atom. The number of hydrogen-bond acceptors (Lipinski definition) is 3. The summed E-state index contributed by atoms with van der Waals surface area (Å²) < 4.78 is 10.4. The van der Waals surface area contributed by atoms with E-state index in [4.69, 9.17) is 26.6 Å². The van der Waals surface area contributed by atoms with Gasteiger partial charge in [0.15, 0.2) is 11.5 Å². The summed E-state index contributed by atoms with van der Waals surface area (Å²) in [7, 11) is 0. The number of benzene rings is 1. The minimum absolute atomic E-state index is 0.220. The third-order valence-electron chi connectivity index (χ3n) is 2.04. The normalized spacial score (nSPS) is 12.8. The standard InChI is InChI=1S/C10H8ClN3O2/c11-8-5-10-9(15-6-16-10)4-7(8)2-1-3-13-14-12/h1-2,4-5H,3,6H2. The monoisotopic (exact) mass is 237 g/mol. The van der Waals surface area contributed by atoms with Crippen LogP contribution >= 0.6 is 11.6 Å². The molecule has 0 N–H and O–H groups in total. The molecule has 5 nitrogen and oxygen atoms in total. The molecule has 1 aliphatic rings. The molecule has 1 aliphatic heterocycles. The molecule has 0 atom stereocenters. The van der Waals surface area contributed by atoms with Crippen LogP contribution in [0.5, 0.6) is 11.5 Å². The summed E-state index contributed by atoms with van der Waals surface area (Å²) in [5, 5.41) is 3.95. The van der Waals surface area contributed by atoms with E-state index in [1.54, 1.807) is 24.3 Å². The van der Waals surface area contributed by atoms with Crippen molar-refractivity contribution in [1.82, 2.24) is 0 Å². The van der Waals surface area contributed by atoms with Crippen LogP contribution in [0.3, 0.4) is 0 Å². The predicted octanol–water partition coefficient (Wildman–Crippen LogP) is 3.39. The Kier molecular flexibility index (Phi) is 3.19. The number of rotatable bonds is 3. The van der Waals surface area contributed by atoms with Crippen LogP contribution in [0.25, 0.3) is 16.5 Å². The third kappa shape index (κ3) is 2.21. The first-order chi connectivity index (χ1) is 7.81. The molecule has 2 rings (SSSR count). The van der Waals surface area contributed by atoms with E-state index in [0.717, 1.165) is 5.56 Å². The van der Waals surface area contributed by atoms with Gasteiger partial charge >= 0.3 is 0 Å². The van der Waals surface area contributed by atoms with Crippen molar-refractivity contribution in [3.8, 4) is 11.5 Å². The van der Waals surface area contributed by atoms with Crippen molar-refractivity contribution < 1.29 is 9.47 Å². The van der Waals surface area contributed by atoms with E-state index >= 15 is 0 Å². The highest BCUT2D eigenvalue weighted by Crippen LogP contribution is 2.37. The highest BCUT2D eigenvalue weighted by Gasteiger charge is 2.15. The molecule has 0 aliphatic carbocycles. The maximum absolute atomic E-state index is 8.11. The molecule has 0 bridgehead atoms. The summed E-state index contributed by atoms with van der Waals surface area (Å²) in [6, 6.07) is 3.49. The van der Waals surface area contributed by atoms with Crippen molar-refractivity contribution in [2.45, 2.75) is 0 Å². The molecule has 1 aromatic rings. The van der Waals surface area contributed by atoms with Gasteiger partial charge in [0.1, 0.15) is 0 Å². The second-order valence-corrected chi connectivity index (χ2v) is 3.45. The molecule has 0 aromatic heterocycles. The molecule has 1 heterocycles. The molecular weight excluding hydrogens is 230 g/mol. The van der Waals surface area contributed by atoms with Gasteiger partial charge in [0.25, 0.3) is 0 Å². The molecule has 1 aromatic carbocycles. The van der Waals surface area contributed by atoms with Gasteiger partial charge in [-0.05, 0) is 17.2 Å². The Morgan fingerprint density at radius 2 is 2.19 bits per heavy atom. The summed E-state index contributed by atoms with van der Waals surface area (Å²) >= 11 is 6.03. The van der Waals surface area contributed by atoms with E-state index in [2.05, 4.69) is 10.0 Å². The lowest BCUT2D eigenvalue weighted by molar-refractivity contribution is 0.174.